The second-order valence-corrected chi connectivity index (χ2v) is 4.78. The zero-order valence-corrected chi connectivity index (χ0v) is 12.8. The van der Waals surface area contributed by atoms with E-state index in [0.717, 1.165) is 5.56 Å². The smallest absolute Gasteiger partial charge is 0.305 e. The zero-order valence-electron chi connectivity index (χ0n) is 12.8. The van der Waals surface area contributed by atoms with Gasteiger partial charge in [-0.1, -0.05) is 5.16 Å². The predicted molar refractivity (Wildman–Crippen MR) is 80.1 cm³/mol. The summed E-state index contributed by atoms with van der Waals surface area (Å²) < 4.78 is 9.63. The number of carbonyl (C=O) groups is 2. The van der Waals surface area contributed by atoms with Crippen LogP contribution < -0.4 is 5.32 Å². The summed E-state index contributed by atoms with van der Waals surface area (Å²) in [5, 5.41) is 6.58. The Morgan fingerprint density at radius 3 is 2.96 bits per heavy atom. The number of carbonyl (C=O) groups excluding carboxylic acids is 2. The van der Waals surface area contributed by atoms with Crippen LogP contribution in [-0.2, 0) is 20.7 Å². The normalized spacial score (nSPS) is 10.3. The van der Waals surface area contributed by atoms with Crippen molar-refractivity contribution in [1.29, 1.82) is 0 Å². The van der Waals surface area contributed by atoms with Crippen molar-refractivity contribution in [1.82, 2.24) is 20.4 Å². The molecule has 0 saturated heterocycles. The van der Waals surface area contributed by atoms with Crippen LogP contribution in [0.2, 0.25) is 0 Å². The number of aromatic nitrogens is 3. The maximum absolute atomic E-state index is 11.7. The minimum absolute atomic E-state index is 0.129. The van der Waals surface area contributed by atoms with Gasteiger partial charge in [0, 0.05) is 43.8 Å². The average molecular weight is 318 g/mol. The number of amides is 1. The van der Waals surface area contributed by atoms with Crippen molar-refractivity contribution in [3.8, 4) is 11.4 Å². The first-order valence-corrected chi connectivity index (χ1v) is 7.25. The van der Waals surface area contributed by atoms with E-state index in [9.17, 15) is 9.59 Å². The van der Waals surface area contributed by atoms with Gasteiger partial charge in [-0.05, 0) is 18.6 Å². The van der Waals surface area contributed by atoms with Crippen molar-refractivity contribution in [2.24, 2.45) is 0 Å². The van der Waals surface area contributed by atoms with Gasteiger partial charge in [-0.2, -0.15) is 4.98 Å². The van der Waals surface area contributed by atoms with Gasteiger partial charge in [-0.25, -0.2) is 0 Å². The molecule has 0 atom stereocenters. The summed E-state index contributed by atoms with van der Waals surface area (Å²) >= 11 is 0. The fraction of sp³-hybridized carbons (Fsp3) is 0.400. The zero-order chi connectivity index (χ0) is 16.5. The van der Waals surface area contributed by atoms with Crippen molar-refractivity contribution >= 4 is 11.9 Å². The summed E-state index contributed by atoms with van der Waals surface area (Å²) in [6.07, 6.45) is 4.74. The Labute approximate surface area is 133 Å². The molecule has 0 unspecified atom stereocenters. The van der Waals surface area contributed by atoms with E-state index in [1.54, 1.807) is 18.5 Å². The average Bonchev–Trinajstić information content (AvgIpc) is 3.06. The van der Waals surface area contributed by atoms with Crippen molar-refractivity contribution < 1.29 is 18.8 Å². The molecule has 0 spiro atoms. The van der Waals surface area contributed by atoms with Crippen LogP contribution in [0.5, 0.6) is 0 Å². The fourth-order valence-corrected chi connectivity index (χ4v) is 1.84. The first-order chi connectivity index (χ1) is 11.2. The van der Waals surface area contributed by atoms with Gasteiger partial charge in [-0.15, -0.1) is 0 Å². The molecule has 122 valence electrons. The molecular weight excluding hydrogens is 300 g/mol. The molecule has 0 aliphatic carbocycles. The van der Waals surface area contributed by atoms with E-state index in [-0.39, 0.29) is 24.7 Å². The Hall–Kier alpha value is -2.77. The van der Waals surface area contributed by atoms with E-state index in [1.807, 2.05) is 6.07 Å². The van der Waals surface area contributed by atoms with E-state index in [4.69, 9.17) is 4.52 Å². The summed E-state index contributed by atoms with van der Waals surface area (Å²) in [7, 11) is 1.34. The lowest BCUT2D eigenvalue weighted by Crippen LogP contribution is -2.25. The molecule has 8 nitrogen and oxygen atoms in total. The van der Waals surface area contributed by atoms with Gasteiger partial charge in [0.15, 0.2) is 0 Å². The van der Waals surface area contributed by atoms with Crippen molar-refractivity contribution in [2.75, 3.05) is 13.7 Å². The van der Waals surface area contributed by atoms with Gasteiger partial charge in [0.2, 0.25) is 17.6 Å². The molecule has 1 N–H and O–H groups in total. The minimum Gasteiger partial charge on any atom is -0.469 e. The molecule has 2 rings (SSSR count). The highest BCUT2D eigenvalue weighted by Crippen LogP contribution is 2.14. The highest BCUT2D eigenvalue weighted by molar-refractivity contribution is 5.76. The number of pyridine rings is 1. The minimum atomic E-state index is -0.284. The number of rotatable bonds is 8. The molecule has 0 saturated carbocycles. The summed E-state index contributed by atoms with van der Waals surface area (Å²) in [5.74, 6) is 0.434. The number of methoxy groups -OCH3 is 1. The molecule has 2 heterocycles. The van der Waals surface area contributed by atoms with Gasteiger partial charge in [0.05, 0.1) is 7.11 Å². The molecule has 0 aliphatic heterocycles. The number of nitrogens with one attached hydrogen (secondary N) is 1. The fourth-order valence-electron chi connectivity index (χ4n) is 1.84. The molecule has 23 heavy (non-hydrogen) atoms. The second-order valence-electron chi connectivity index (χ2n) is 4.78. The van der Waals surface area contributed by atoms with E-state index in [0.29, 0.717) is 31.1 Å². The molecular formula is C15H18N4O4. The van der Waals surface area contributed by atoms with Crippen LogP contribution >= 0.6 is 0 Å². The summed E-state index contributed by atoms with van der Waals surface area (Å²) in [5.41, 5.74) is 0.759. The van der Waals surface area contributed by atoms with Crippen LogP contribution in [0.3, 0.4) is 0 Å². The maximum atomic E-state index is 11.7. The van der Waals surface area contributed by atoms with E-state index >= 15 is 0 Å². The Kier molecular flexibility index (Phi) is 6.22. The first kappa shape index (κ1) is 16.6. The molecule has 1 amide bonds. The van der Waals surface area contributed by atoms with Crippen molar-refractivity contribution in [3.05, 3.63) is 30.4 Å². The predicted octanol–water partition coefficient (Wildman–Crippen LogP) is 1.13. The molecule has 2 aromatic heterocycles. The van der Waals surface area contributed by atoms with E-state index in [2.05, 4.69) is 25.2 Å². The highest BCUT2D eigenvalue weighted by atomic mass is 16.5. The van der Waals surface area contributed by atoms with Gasteiger partial charge in [0.1, 0.15) is 0 Å². The molecule has 0 aromatic carbocycles. The maximum Gasteiger partial charge on any atom is 0.305 e. The van der Waals surface area contributed by atoms with Crippen LogP contribution in [-0.4, -0.2) is 40.7 Å². The quantitative estimate of drug-likeness (QED) is 0.574. The second kappa shape index (κ2) is 8.62. The molecule has 0 radical (unpaired) electrons. The Morgan fingerprint density at radius 1 is 1.35 bits per heavy atom. The third-order valence-electron chi connectivity index (χ3n) is 3.06. The monoisotopic (exact) mass is 318 g/mol. The standard InChI is InChI=1S/C15H18N4O4/c1-22-14(21)5-3-9-17-12(20)6-7-13-18-15(19-23-13)11-4-2-8-16-10-11/h2,4,8,10H,3,5-7,9H2,1H3,(H,17,20). The number of hydrogen-bond donors (Lipinski definition) is 1. The Bertz CT molecular complexity index is 642. The highest BCUT2D eigenvalue weighted by Gasteiger charge is 2.10. The van der Waals surface area contributed by atoms with Crippen LogP contribution in [0.15, 0.2) is 29.0 Å². The SMILES string of the molecule is COC(=O)CCCNC(=O)CCc1nc(-c2cccnc2)no1. The molecule has 8 heteroatoms. The number of nitrogens with zero attached hydrogens (tertiary/aromatic N) is 3. The number of hydrogen-bond acceptors (Lipinski definition) is 7. The van der Waals surface area contributed by atoms with E-state index in [1.165, 1.54) is 7.11 Å². The summed E-state index contributed by atoms with van der Waals surface area (Å²) in [6, 6.07) is 3.61. The number of esters is 1. The van der Waals surface area contributed by atoms with Crippen LogP contribution in [0.4, 0.5) is 0 Å². The van der Waals surface area contributed by atoms with Crippen molar-refractivity contribution in [3.63, 3.8) is 0 Å². The summed E-state index contributed by atoms with van der Waals surface area (Å²) in [6.45, 7) is 0.429. The molecule has 0 fully saturated rings. The van der Waals surface area contributed by atoms with Crippen LogP contribution in [0, 0.1) is 0 Å². The van der Waals surface area contributed by atoms with Gasteiger partial charge >= 0.3 is 5.97 Å². The molecule has 0 bridgehead atoms. The van der Waals surface area contributed by atoms with Gasteiger partial charge in [0.25, 0.3) is 0 Å². The largest absolute Gasteiger partial charge is 0.469 e. The lowest BCUT2D eigenvalue weighted by molar-refractivity contribution is -0.140. The lowest BCUT2D eigenvalue weighted by atomic mass is 10.2. The number of aryl methyl sites for hydroxylation is 1. The Morgan fingerprint density at radius 2 is 2.22 bits per heavy atom. The third-order valence-corrected chi connectivity index (χ3v) is 3.06. The van der Waals surface area contributed by atoms with Gasteiger partial charge in [-0.3, -0.25) is 14.6 Å². The lowest BCUT2D eigenvalue weighted by Gasteiger charge is -2.03. The molecule has 2 aromatic rings. The number of ether oxygens (including phenoxy) is 1. The van der Waals surface area contributed by atoms with Gasteiger partial charge < -0.3 is 14.6 Å². The topological polar surface area (TPSA) is 107 Å². The van der Waals surface area contributed by atoms with Crippen LogP contribution in [0.25, 0.3) is 11.4 Å². The summed E-state index contributed by atoms with van der Waals surface area (Å²) in [4.78, 5) is 30.8. The van der Waals surface area contributed by atoms with Crippen LogP contribution in [0.1, 0.15) is 25.2 Å². The van der Waals surface area contributed by atoms with E-state index < -0.39 is 0 Å². The Balaban J connectivity index is 1.71. The molecule has 0 aliphatic rings. The van der Waals surface area contributed by atoms with Crippen molar-refractivity contribution in [2.45, 2.75) is 25.7 Å². The third kappa shape index (κ3) is 5.50. The first-order valence-electron chi connectivity index (χ1n) is 7.25.